The van der Waals surface area contributed by atoms with Gasteiger partial charge in [0.1, 0.15) is 5.75 Å². The predicted octanol–water partition coefficient (Wildman–Crippen LogP) is 4.49. The summed E-state index contributed by atoms with van der Waals surface area (Å²) in [4.78, 5) is 19.3. The molecule has 0 N–H and O–H groups in total. The molecule has 0 aliphatic carbocycles. The zero-order chi connectivity index (χ0) is 21.1. The van der Waals surface area contributed by atoms with Crippen molar-refractivity contribution in [1.82, 2.24) is 15.2 Å². The highest BCUT2D eigenvalue weighted by Crippen LogP contribution is 2.43. The highest BCUT2D eigenvalue weighted by Gasteiger charge is 2.35. The van der Waals surface area contributed by atoms with Gasteiger partial charge in [-0.15, -0.1) is 10.2 Å². The standard InChI is InChI=1S/C22H22N4O3S/c1-4-18(27)26-17-9-7-6-8-16(17)19-20(23-22(30-3)25-24-19)29-21(26)14-10-12-15(13-11-14)28-5-2/h6-13,21H,4-5H2,1-3H3. The van der Waals surface area contributed by atoms with E-state index in [1.165, 1.54) is 11.8 Å². The number of benzene rings is 2. The van der Waals surface area contributed by atoms with Gasteiger partial charge in [-0.3, -0.25) is 9.69 Å². The molecule has 1 aliphatic heterocycles. The molecule has 0 radical (unpaired) electrons. The number of anilines is 1. The van der Waals surface area contributed by atoms with E-state index >= 15 is 0 Å². The van der Waals surface area contributed by atoms with Gasteiger partial charge in [0, 0.05) is 17.5 Å². The molecular weight excluding hydrogens is 400 g/mol. The molecule has 4 rings (SSSR count). The number of rotatable bonds is 5. The minimum Gasteiger partial charge on any atom is -0.494 e. The molecule has 30 heavy (non-hydrogen) atoms. The molecule has 3 aromatic rings. The number of thioether (sulfide) groups is 1. The summed E-state index contributed by atoms with van der Waals surface area (Å²) in [6.45, 7) is 4.36. The molecule has 0 bridgehead atoms. The molecule has 1 aliphatic rings. The first kappa shape index (κ1) is 20.2. The minimum absolute atomic E-state index is 0.0628. The first-order valence-electron chi connectivity index (χ1n) is 9.75. The van der Waals surface area contributed by atoms with Crippen LogP contribution < -0.4 is 14.4 Å². The molecule has 2 heterocycles. The number of nitrogens with zero attached hydrogens (tertiary/aromatic N) is 4. The van der Waals surface area contributed by atoms with E-state index in [1.54, 1.807) is 4.90 Å². The van der Waals surface area contributed by atoms with Crippen LogP contribution in [0.25, 0.3) is 11.3 Å². The number of hydrogen-bond acceptors (Lipinski definition) is 7. The molecular formula is C22H22N4O3S. The molecule has 8 heteroatoms. The average Bonchev–Trinajstić information content (AvgIpc) is 2.93. The fourth-order valence-electron chi connectivity index (χ4n) is 3.35. The SMILES string of the molecule is CCOc1ccc(C2Oc3nc(SC)nnc3-c3ccccc3N2C(=O)CC)cc1. The molecule has 1 atom stereocenters. The van der Waals surface area contributed by atoms with Crippen LogP contribution in [0.4, 0.5) is 5.69 Å². The fraction of sp³-hybridized carbons (Fsp3) is 0.273. The Morgan fingerprint density at radius 3 is 2.60 bits per heavy atom. The van der Waals surface area contributed by atoms with Gasteiger partial charge in [0.05, 0.1) is 12.3 Å². The van der Waals surface area contributed by atoms with Crippen LogP contribution in [0.2, 0.25) is 0 Å². The maximum absolute atomic E-state index is 13.1. The Morgan fingerprint density at radius 1 is 1.13 bits per heavy atom. The predicted molar refractivity (Wildman–Crippen MR) is 116 cm³/mol. The maximum atomic E-state index is 13.1. The Bertz CT molecular complexity index is 1060. The van der Waals surface area contributed by atoms with Gasteiger partial charge in [-0.25, -0.2) is 0 Å². The van der Waals surface area contributed by atoms with E-state index < -0.39 is 6.23 Å². The van der Waals surface area contributed by atoms with E-state index in [4.69, 9.17) is 9.47 Å². The molecule has 1 aromatic heterocycles. The van der Waals surface area contributed by atoms with Crippen molar-refractivity contribution < 1.29 is 14.3 Å². The first-order chi connectivity index (χ1) is 14.7. The van der Waals surface area contributed by atoms with Crippen LogP contribution in [-0.4, -0.2) is 34.0 Å². The molecule has 0 fully saturated rings. The molecule has 0 spiro atoms. The normalized spacial score (nSPS) is 14.9. The van der Waals surface area contributed by atoms with Gasteiger partial charge in [0.25, 0.3) is 0 Å². The Balaban J connectivity index is 1.90. The summed E-state index contributed by atoms with van der Waals surface area (Å²) < 4.78 is 11.9. The molecule has 2 aromatic carbocycles. The van der Waals surface area contributed by atoms with Crippen molar-refractivity contribution in [3.63, 3.8) is 0 Å². The summed E-state index contributed by atoms with van der Waals surface area (Å²) in [6.07, 6.45) is 1.52. The number of hydrogen-bond donors (Lipinski definition) is 0. The van der Waals surface area contributed by atoms with Gasteiger partial charge in [-0.2, -0.15) is 4.98 Å². The van der Waals surface area contributed by atoms with Crippen molar-refractivity contribution in [1.29, 1.82) is 0 Å². The Hall–Kier alpha value is -3.13. The van der Waals surface area contributed by atoms with Crippen molar-refractivity contribution in [3.8, 4) is 22.9 Å². The van der Waals surface area contributed by atoms with Gasteiger partial charge >= 0.3 is 0 Å². The van der Waals surface area contributed by atoms with Crippen LogP contribution in [0.1, 0.15) is 32.1 Å². The van der Waals surface area contributed by atoms with E-state index in [9.17, 15) is 4.79 Å². The minimum atomic E-state index is -0.693. The van der Waals surface area contributed by atoms with E-state index in [0.29, 0.717) is 29.8 Å². The number of aromatic nitrogens is 3. The third-order valence-corrected chi connectivity index (χ3v) is 5.28. The topological polar surface area (TPSA) is 77.4 Å². The van der Waals surface area contributed by atoms with E-state index in [2.05, 4.69) is 15.2 Å². The molecule has 0 saturated heterocycles. The molecule has 1 amide bonds. The molecule has 1 unspecified atom stereocenters. The van der Waals surface area contributed by atoms with E-state index in [0.717, 1.165) is 22.6 Å². The first-order valence-corrected chi connectivity index (χ1v) is 11.0. The summed E-state index contributed by atoms with van der Waals surface area (Å²) in [6, 6.07) is 15.2. The third-order valence-electron chi connectivity index (χ3n) is 4.74. The van der Waals surface area contributed by atoms with E-state index in [1.807, 2.05) is 68.6 Å². The smallest absolute Gasteiger partial charge is 0.247 e. The second-order valence-corrected chi connectivity index (χ2v) is 7.33. The van der Waals surface area contributed by atoms with Crippen LogP contribution >= 0.6 is 11.8 Å². The van der Waals surface area contributed by atoms with Crippen LogP contribution in [-0.2, 0) is 4.79 Å². The molecule has 0 saturated carbocycles. The number of ether oxygens (including phenoxy) is 2. The molecule has 154 valence electrons. The fourth-order valence-corrected chi connectivity index (χ4v) is 3.65. The van der Waals surface area contributed by atoms with Crippen LogP contribution in [0, 0.1) is 0 Å². The van der Waals surface area contributed by atoms with Crippen molar-refractivity contribution >= 4 is 23.4 Å². The largest absolute Gasteiger partial charge is 0.494 e. The number of fused-ring (bicyclic) bond motifs is 3. The van der Waals surface area contributed by atoms with Gasteiger partial charge in [0.2, 0.25) is 23.2 Å². The second-order valence-electron chi connectivity index (χ2n) is 6.56. The quantitative estimate of drug-likeness (QED) is 0.561. The summed E-state index contributed by atoms with van der Waals surface area (Å²) in [5.74, 6) is 1.05. The molecule has 7 nitrogen and oxygen atoms in total. The number of carbonyl (C=O) groups is 1. The lowest BCUT2D eigenvalue weighted by molar-refractivity contribution is -0.120. The van der Waals surface area contributed by atoms with Gasteiger partial charge < -0.3 is 9.47 Å². The van der Waals surface area contributed by atoms with Crippen molar-refractivity contribution in [2.24, 2.45) is 0 Å². The van der Waals surface area contributed by atoms with Crippen LogP contribution in [0.3, 0.4) is 0 Å². The Morgan fingerprint density at radius 2 is 1.90 bits per heavy atom. The van der Waals surface area contributed by atoms with Crippen LogP contribution in [0.15, 0.2) is 53.7 Å². The van der Waals surface area contributed by atoms with Crippen molar-refractivity contribution in [2.75, 3.05) is 17.8 Å². The van der Waals surface area contributed by atoms with Gasteiger partial charge in [-0.1, -0.05) is 36.9 Å². The Kier molecular flexibility index (Phi) is 5.85. The van der Waals surface area contributed by atoms with Crippen molar-refractivity contribution in [3.05, 3.63) is 54.1 Å². The van der Waals surface area contributed by atoms with E-state index in [-0.39, 0.29) is 5.91 Å². The highest BCUT2D eigenvalue weighted by molar-refractivity contribution is 7.98. The zero-order valence-electron chi connectivity index (χ0n) is 17.0. The lowest BCUT2D eigenvalue weighted by Gasteiger charge is -2.30. The number of amides is 1. The third kappa shape index (κ3) is 3.70. The lowest BCUT2D eigenvalue weighted by atomic mass is 10.1. The summed E-state index contributed by atoms with van der Waals surface area (Å²) >= 11 is 1.38. The zero-order valence-corrected chi connectivity index (χ0v) is 17.8. The van der Waals surface area contributed by atoms with Gasteiger partial charge in [0.15, 0.2) is 5.69 Å². The van der Waals surface area contributed by atoms with Crippen molar-refractivity contribution in [2.45, 2.75) is 31.7 Å². The van der Waals surface area contributed by atoms with Gasteiger partial charge in [-0.05, 0) is 43.5 Å². The summed E-state index contributed by atoms with van der Waals surface area (Å²) in [7, 11) is 0. The highest BCUT2D eigenvalue weighted by atomic mass is 32.2. The Labute approximate surface area is 179 Å². The van der Waals surface area contributed by atoms with Crippen LogP contribution in [0.5, 0.6) is 11.6 Å². The number of para-hydroxylation sites is 1. The number of carbonyl (C=O) groups excluding carboxylic acids is 1. The monoisotopic (exact) mass is 422 g/mol. The maximum Gasteiger partial charge on any atom is 0.247 e. The second kappa shape index (κ2) is 8.71. The lowest BCUT2D eigenvalue weighted by Crippen LogP contribution is -2.37. The average molecular weight is 423 g/mol. The summed E-state index contributed by atoms with van der Waals surface area (Å²) in [5.41, 5.74) is 2.81. The summed E-state index contributed by atoms with van der Waals surface area (Å²) in [5, 5.41) is 9.04.